The smallest absolute Gasteiger partial charge is 0.163 e. The van der Waals surface area contributed by atoms with Crippen molar-refractivity contribution in [3.63, 3.8) is 0 Å². The fourth-order valence-corrected chi connectivity index (χ4v) is 2.00. The zero-order chi connectivity index (χ0) is 13.1. The molecule has 6 heteroatoms. The average Bonchev–Trinajstić information content (AvgIpc) is 2.34. The van der Waals surface area contributed by atoms with Crippen LogP contribution in [-0.2, 0) is 0 Å². The van der Waals surface area contributed by atoms with Crippen molar-refractivity contribution >= 4 is 44.6 Å². The number of anilines is 2. The highest BCUT2D eigenvalue weighted by Gasteiger charge is 2.08. The van der Waals surface area contributed by atoms with Gasteiger partial charge in [-0.05, 0) is 46.6 Å². The van der Waals surface area contributed by atoms with Gasteiger partial charge in [0.2, 0.25) is 0 Å². The maximum atomic E-state index is 5.65. The Hall–Kier alpha value is -1.53. The van der Waals surface area contributed by atoms with Gasteiger partial charge in [-0.15, -0.1) is 5.10 Å². The Morgan fingerprint density at radius 1 is 1.39 bits per heavy atom. The van der Waals surface area contributed by atoms with E-state index in [9.17, 15) is 0 Å². The molecular weight excluding hydrogens is 312 g/mol. The number of aryl methyl sites for hydroxylation is 1. The second kappa shape index (κ2) is 5.41. The third-order valence-electron chi connectivity index (χ3n) is 2.36. The van der Waals surface area contributed by atoms with Crippen LogP contribution in [0.2, 0.25) is 0 Å². The highest BCUT2D eigenvalue weighted by molar-refractivity contribution is 9.10. The van der Waals surface area contributed by atoms with Crippen molar-refractivity contribution in [2.24, 2.45) is 5.73 Å². The molecule has 0 saturated carbocycles. The minimum atomic E-state index is 0.288. The summed E-state index contributed by atoms with van der Waals surface area (Å²) in [5.41, 5.74) is 8.36. The molecule has 0 amide bonds. The third kappa shape index (κ3) is 2.83. The molecule has 1 aromatic heterocycles. The summed E-state index contributed by atoms with van der Waals surface area (Å²) in [5, 5.41) is 11.0. The van der Waals surface area contributed by atoms with Crippen LogP contribution in [0.4, 0.5) is 11.5 Å². The van der Waals surface area contributed by atoms with Gasteiger partial charge < -0.3 is 11.1 Å². The summed E-state index contributed by atoms with van der Waals surface area (Å²) in [6.07, 6.45) is 1.56. The van der Waals surface area contributed by atoms with Crippen LogP contribution in [0.15, 0.2) is 34.9 Å². The summed E-state index contributed by atoms with van der Waals surface area (Å²) in [6, 6.07) is 7.72. The molecule has 0 aliphatic heterocycles. The van der Waals surface area contributed by atoms with Gasteiger partial charge in [-0.25, -0.2) is 0 Å². The summed E-state index contributed by atoms with van der Waals surface area (Å²) in [7, 11) is 0. The van der Waals surface area contributed by atoms with Gasteiger partial charge in [0, 0.05) is 4.47 Å². The number of hydrogen-bond acceptors (Lipinski definition) is 4. The van der Waals surface area contributed by atoms with E-state index in [-0.39, 0.29) is 4.99 Å². The van der Waals surface area contributed by atoms with E-state index in [0.29, 0.717) is 11.4 Å². The first-order valence-electron chi connectivity index (χ1n) is 5.22. The van der Waals surface area contributed by atoms with Gasteiger partial charge in [0.25, 0.3) is 0 Å². The lowest BCUT2D eigenvalue weighted by Gasteiger charge is -2.11. The molecule has 4 nitrogen and oxygen atoms in total. The first kappa shape index (κ1) is 12.9. The molecular formula is C12H11BrN4S. The summed E-state index contributed by atoms with van der Waals surface area (Å²) < 4.78 is 0.938. The minimum Gasteiger partial charge on any atom is -0.389 e. The SMILES string of the molecule is Cc1ccc(Br)c(Nc2nnccc2C(N)=S)c1. The molecule has 0 atom stereocenters. The lowest BCUT2D eigenvalue weighted by molar-refractivity contribution is 1.03. The van der Waals surface area contributed by atoms with Crippen molar-refractivity contribution in [2.45, 2.75) is 6.92 Å². The van der Waals surface area contributed by atoms with E-state index in [1.807, 2.05) is 25.1 Å². The second-order valence-electron chi connectivity index (χ2n) is 3.77. The van der Waals surface area contributed by atoms with Gasteiger partial charge in [0.1, 0.15) is 4.99 Å². The molecule has 1 aromatic carbocycles. The van der Waals surface area contributed by atoms with Crippen LogP contribution >= 0.6 is 28.1 Å². The van der Waals surface area contributed by atoms with Crippen LogP contribution in [0.25, 0.3) is 0 Å². The average molecular weight is 323 g/mol. The third-order valence-corrected chi connectivity index (χ3v) is 3.27. The number of nitrogens with zero attached hydrogens (tertiary/aromatic N) is 2. The fourth-order valence-electron chi connectivity index (χ4n) is 1.49. The molecule has 0 aliphatic rings. The summed E-state index contributed by atoms with van der Waals surface area (Å²) in [6.45, 7) is 2.02. The lowest BCUT2D eigenvalue weighted by Crippen LogP contribution is -2.13. The van der Waals surface area contributed by atoms with Crippen LogP contribution in [0, 0.1) is 6.92 Å². The zero-order valence-electron chi connectivity index (χ0n) is 9.64. The summed E-state index contributed by atoms with van der Waals surface area (Å²) >= 11 is 8.46. The van der Waals surface area contributed by atoms with Crippen molar-refractivity contribution in [1.82, 2.24) is 10.2 Å². The Bertz CT molecular complexity index is 600. The Kier molecular flexibility index (Phi) is 3.88. The normalized spacial score (nSPS) is 10.1. The monoisotopic (exact) mass is 322 g/mol. The molecule has 0 saturated heterocycles. The van der Waals surface area contributed by atoms with Gasteiger partial charge in [0.15, 0.2) is 5.82 Å². The largest absolute Gasteiger partial charge is 0.389 e. The minimum absolute atomic E-state index is 0.288. The maximum Gasteiger partial charge on any atom is 0.163 e. The van der Waals surface area contributed by atoms with E-state index in [0.717, 1.165) is 15.7 Å². The van der Waals surface area contributed by atoms with Gasteiger partial charge in [0.05, 0.1) is 17.4 Å². The number of rotatable bonds is 3. The van der Waals surface area contributed by atoms with E-state index in [1.54, 1.807) is 12.3 Å². The molecule has 0 unspecified atom stereocenters. The number of aromatic nitrogens is 2. The predicted molar refractivity (Wildman–Crippen MR) is 80.1 cm³/mol. The highest BCUT2D eigenvalue weighted by atomic mass is 79.9. The molecule has 18 heavy (non-hydrogen) atoms. The van der Waals surface area contributed by atoms with Crippen LogP contribution in [0.5, 0.6) is 0 Å². The Morgan fingerprint density at radius 3 is 2.89 bits per heavy atom. The molecule has 0 radical (unpaired) electrons. The van der Waals surface area contributed by atoms with E-state index in [2.05, 4.69) is 31.4 Å². The Labute approximate surface area is 119 Å². The molecule has 0 fully saturated rings. The number of thiocarbonyl (C=S) groups is 1. The Morgan fingerprint density at radius 2 is 2.17 bits per heavy atom. The molecule has 2 rings (SSSR count). The Balaban J connectivity index is 2.40. The zero-order valence-corrected chi connectivity index (χ0v) is 12.0. The quantitative estimate of drug-likeness (QED) is 0.851. The van der Waals surface area contributed by atoms with Crippen molar-refractivity contribution in [3.8, 4) is 0 Å². The van der Waals surface area contributed by atoms with Crippen molar-refractivity contribution in [2.75, 3.05) is 5.32 Å². The number of halogens is 1. The van der Waals surface area contributed by atoms with Crippen LogP contribution in [0.3, 0.4) is 0 Å². The predicted octanol–water partition coefficient (Wildman–Crippen LogP) is 2.93. The van der Waals surface area contributed by atoms with Gasteiger partial charge in [-0.3, -0.25) is 0 Å². The molecule has 0 bridgehead atoms. The van der Waals surface area contributed by atoms with E-state index in [1.165, 1.54) is 0 Å². The van der Waals surface area contributed by atoms with Gasteiger partial charge in [-0.2, -0.15) is 5.10 Å². The number of nitrogens with two attached hydrogens (primary N) is 1. The van der Waals surface area contributed by atoms with Crippen molar-refractivity contribution in [1.29, 1.82) is 0 Å². The molecule has 2 aromatic rings. The van der Waals surface area contributed by atoms with Crippen molar-refractivity contribution in [3.05, 3.63) is 46.1 Å². The number of hydrogen-bond donors (Lipinski definition) is 2. The maximum absolute atomic E-state index is 5.65. The van der Waals surface area contributed by atoms with E-state index < -0.39 is 0 Å². The standard InChI is InChI=1S/C12H11BrN4S/c1-7-2-3-9(13)10(6-7)16-12-8(11(14)18)4-5-15-17-12/h2-6H,1H3,(H2,14,18)(H,16,17). The van der Waals surface area contributed by atoms with Crippen molar-refractivity contribution < 1.29 is 0 Å². The summed E-state index contributed by atoms with van der Waals surface area (Å²) in [4.78, 5) is 0.288. The number of benzene rings is 1. The first-order valence-corrected chi connectivity index (χ1v) is 6.42. The van der Waals surface area contributed by atoms with Crippen LogP contribution < -0.4 is 11.1 Å². The van der Waals surface area contributed by atoms with Gasteiger partial charge in [-0.1, -0.05) is 18.3 Å². The van der Waals surface area contributed by atoms with E-state index >= 15 is 0 Å². The topological polar surface area (TPSA) is 63.8 Å². The number of nitrogens with one attached hydrogen (secondary N) is 1. The van der Waals surface area contributed by atoms with Crippen LogP contribution in [0.1, 0.15) is 11.1 Å². The molecule has 1 heterocycles. The highest BCUT2D eigenvalue weighted by Crippen LogP contribution is 2.27. The lowest BCUT2D eigenvalue weighted by atomic mass is 10.2. The second-order valence-corrected chi connectivity index (χ2v) is 5.06. The summed E-state index contributed by atoms with van der Waals surface area (Å²) in [5.74, 6) is 0.552. The fraction of sp³-hybridized carbons (Fsp3) is 0.0833. The molecule has 0 spiro atoms. The van der Waals surface area contributed by atoms with Gasteiger partial charge >= 0.3 is 0 Å². The van der Waals surface area contributed by atoms with E-state index in [4.69, 9.17) is 18.0 Å². The van der Waals surface area contributed by atoms with Crippen LogP contribution in [-0.4, -0.2) is 15.2 Å². The molecule has 0 aliphatic carbocycles. The molecule has 3 N–H and O–H groups in total. The molecule has 92 valence electrons. The first-order chi connectivity index (χ1) is 8.58.